The smallest absolute Gasteiger partial charge is 0.324 e. The van der Waals surface area contributed by atoms with E-state index in [1.165, 1.54) is 0 Å². The molecule has 2 heterocycles. The van der Waals surface area contributed by atoms with Gasteiger partial charge in [0.1, 0.15) is 17.6 Å². The lowest BCUT2D eigenvalue weighted by atomic mass is 10.2. The van der Waals surface area contributed by atoms with Crippen LogP contribution in [-0.2, 0) is 22.5 Å². The van der Waals surface area contributed by atoms with E-state index in [0.29, 0.717) is 19.7 Å². The fraction of sp³-hybridized carbons (Fsp3) is 0.643. The third-order valence-electron chi connectivity index (χ3n) is 3.34. The highest BCUT2D eigenvalue weighted by atomic mass is 16.5. The Labute approximate surface area is 113 Å². The van der Waals surface area contributed by atoms with Gasteiger partial charge in [-0.3, -0.25) is 9.69 Å². The Morgan fingerprint density at radius 3 is 2.95 bits per heavy atom. The summed E-state index contributed by atoms with van der Waals surface area (Å²) in [6.07, 6.45) is 0.892. The van der Waals surface area contributed by atoms with Crippen LogP contribution in [0.15, 0.2) is 16.5 Å². The van der Waals surface area contributed by atoms with E-state index in [4.69, 9.17) is 9.15 Å². The Morgan fingerprint density at radius 1 is 1.47 bits per heavy atom. The Kier molecular flexibility index (Phi) is 4.99. The number of furan rings is 1. The van der Waals surface area contributed by atoms with Gasteiger partial charge in [0.2, 0.25) is 0 Å². The van der Waals surface area contributed by atoms with Crippen LogP contribution in [0.3, 0.4) is 0 Å². The fourth-order valence-corrected chi connectivity index (χ4v) is 2.30. The topological polar surface area (TPSA) is 54.7 Å². The monoisotopic (exact) mass is 266 g/mol. The highest BCUT2D eigenvalue weighted by molar-refractivity contribution is 5.76. The van der Waals surface area contributed by atoms with E-state index < -0.39 is 0 Å². The lowest BCUT2D eigenvalue weighted by molar-refractivity contribution is -0.150. The molecule has 1 unspecified atom stereocenters. The van der Waals surface area contributed by atoms with Crippen molar-refractivity contribution in [1.82, 2.24) is 10.2 Å². The molecule has 1 aliphatic heterocycles. The molecule has 1 aromatic heterocycles. The summed E-state index contributed by atoms with van der Waals surface area (Å²) in [6, 6.07) is 3.77. The lowest BCUT2D eigenvalue weighted by Crippen LogP contribution is -2.54. The number of hydrogen-bond donors (Lipinski definition) is 1. The summed E-state index contributed by atoms with van der Waals surface area (Å²) in [5.74, 6) is 1.74. The molecule has 1 saturated heterocycles. The number of carbonyl (C=O) groups is 1. The third-order valence-corrected chi connectivity index (χ3v) is 3.34. The number of aryl methyl sites for hydroxylation is 1. The number of rotatable bonds is 5. The van der Waals surface area contributed by atoms with Crippen molar-refractivity contribution in [1.29, 1.82) is 0 Å². The first-order chi connectivity index (χ1) is 9.24. The van der Waals surface area contributed by atoms with E-state index in [-0.39, 0.29) is 12.0 Å². The van der Waals surface area contributed by atoms with Gasteiger partial charge >= 0.3 is 5.97 Å². The Hall–Kier alpha value is -1.33. The van der Waals surface area contributed by atoms with E-state index in [1.807, 2.05) is 19.1 Å². The number of ether oxygens (including phenoxy) is 1. The molecule has 0 aromatic carbocycles. The van der Waals surface area contributed by atoms with E-state index in [1.54, 1.807) is 0 Å². The van der Waals surface area contributed by atoms with Crippen LogP contribution in [0.1, 0.15) is 25.4 Å². The van der Waals surface area contributed by atoms with Crippen LogP contribution in [0.5, 0.6) is 0 Å². The van der Waals surface area contributed by atoms with E-state index in [0.717, 1.165) is 31.0 Å². The molecule has 1 atom stereocenters. The molecule has 1 aliphatic rings. The molecule has 0 bridgehead atoms. The number of nitrogens with one attached hydrogen (secondary N) is 1. The maximum atomic E-state index is 11.9. The van der Waals surface area contributed by atoms with Crippen molar-refractivity contribution in [3.8, 4) is 0 Å². The van der Waals surface area contributed by atoms with Gasteiger partial charge in [-0.1, -0.05) is 6.92 Å². The third kappa shape index (κ3) is 3.58. The molecule has 0 saturated carbocycles. The summed E-state index contributed by atoms with van der Waals surface area (Å²) in [5.41, 5.74) is 0. The molecule has 0 radical (unpaired) electrons. The molecule has 5 nitrogen and oxygen atoms in total. The standard InChI is InChI=1S/C14H22N2O3/c1-3-11-5-6-12(19-11)10-16-8-7-15-9-13(16)14(17)18-4-2/h5-6,13,15H,3-4,7-10H2,1-2H3. The van der Waals surface area contributed by atoms with Gasteiger partial charge in [0, 0.05) is 26.1 Å². The molecule has 106 valence electrons. The van der Waals surface area contributed by atoms with E-state index >= 15 is 0 Å². The largest absolute Gasteiger partial charge is 0.465 e. The zero-order valence-corrected chi connectivity index (χ0v) is 11.6. The second-order valence-electron chi connectivity index (χ2n) is 4.66. The fourth-order valence-electron chi connectivity index (χ4n) is 2.30. The average Bonchev–Trinajstić information content (AvgIpc) is 2.87. The summed E-state index contributed by atoms with van der Waals surface area (Å²) in [6.45, 7) is 7.32. The van der Waals surface area contributed by atoms with Gasteiger partial charge in [0.05, 0.1) is 13.2 Å². The minimum Gasteiger partial charge on any atom is -0.465 e. The summed E-state index contributed by atoms with van der Waals surface area (Å²) < 4.78 is 10.8. The number of carbonyl (C=O) groups excluding carboxylic acids is 1. The van der Waals surface area contributed by atoms with Crippen LogP contribution in [0.2, 0.25) is 0 Å². The van der Waals surface area contributed by atoms with Crippen LogP contribution in [0.25, 0.3) is 0 Å². The quantitative estimate of drug-likeness (QED) is 0.811. The zero-order valence-electron chi connectivity index (χ0n) is 11.6. The van der Waals surface area contributed by atoms with Crippen LogP contribution < -0.4 is 5.32 Å². The number of nitrogens with zero attached hydrogens (tertiary/aromatic N) is 1. The molecular weight excluding hydrogens is 244 g/mol. The predicted octanol–water partition coefficient (Wildman–Crippen LogP) is 1.18. The minimum absolute atomic E-state index is 0.156. The SMILES string of the molecule is CCOC(=O)C1CNCCN1Cc1ccc(CC)o1. The maximum absolute atomic E-state index is 11.9. The summed E-state index contributed by atoms with van der Waals surface area (Å²) in [7, 11) is 0. The van der Waals surface area contributed by atoms with E-state index in [9.17, 15) is 4.79 Å². The first-order valence-corrected chi connectivity index (χ1v) is 6.93. The molecular formula is C14H22N2O3. The summed E-state index contributed by atoms with van der Waals surface area (Å²) in [4.78, 5) is 14.0. The Morgan fingerprint density at radius 2 is 2.26 bits per heavy atom. The first kappa shape index (κ1) is 14.1. The molecule has 0 amide bonds. The van der Waals surface area contributed by atoms with Gasteiger partial charge < -0.3 is 14.5 Å². The normalized spacial score (nSPS) is 20.4. The number of esters is 1. The van der Waals surface area contributed by atoms with Gasteiger partial charge in [-0.2, -0.15) is 0 Å². The van der Waals surface area contributed by atoms with Crippen molar-refractivity contribution in [2.75, 3.05) is 26.2 Å². The molecule has 2 rings (SSSR count). The number of hydrogen-bond acceptors (Lipinski definition) is 5. The first-order valence-electron chi connectivity index (χ1n) is 6.93. The Bertz CT molecular complexity index is 417. The Balaban J connectivity index is 2.00. The minimum atomic E-state index is -0.219. The summed E-state index contributed by atoms with van der Waals surface area (Å²) in [5, 5.41) is 3.23. The van der Waals surface area contributed by atoms with Gasteiger partial charge in [-0.25, -0.2) is 0 Å². The summed E-state index contributed by atoms with van der Waals surface area (Å²) >= 11 is 0. The average molecular weight is 266 g/mol. The van der Waals surface area contributed by atoms with E-state index in [2.05, 4.69) is 17.1 Å². The van der Waals surface area contributed by atoms with Crippen molar-refractivity contribution in [2.24, 2.45) is 0 Å². The molecule has 1 fully saturated rings. The predicted molar refractivity (Wildman–Crippen MR) is 71.8 cm³/mol. The molecule has 1 N–H and O–H groups in total. The molecule has 19 heavy (non-hydrogen) atoms. The van der Waals surface area contributed by atoms with Crippen molar-refractivity contribution in [3.63, 3.8) is 0 Å². The highest BCUT2D eigenvalue weighted by Crippen LogP contribution is 2.15. The van der Waals surface area contributed by atoms with Crippen molar-refractivity contribution < 1.29 is 13.9 Å². The molecule has 0 aliphatic carbocycles. The zero-order chi connectivity index (χ0) is 13.7. The van der Waals surface area contributed by atoms with Gasteiger partial charge in [0.25, 0.3) is 0 Å². The van der Waals surface area contributed by atoms with Gasteiger partial charge in [0.15, 0.2) is 0 Å². The molecule has 0 spiro atoms. The second-order valence-corrected chi connectivity index (χ2v) is 4.66. The van der Waals surface area contributed by atoms with Crippen LogP contribution in [0.4, 0.5) is 0 Å². The van der Waals surface area contributed by atoms with Crippen molar-refractivity contribution in [3.05, 3.63) is 23.7 Å². The molecule has 5 heteroatoms. The lowest BCUT2D eigenvalue weighted by Gasteiger charge is -2.33. The van der Waals surface area contributed by atoms with Crippen LogP contribution >= 0.6 is 0 Å². The number of piperazine rings is 1. The van der Waals surface area contributed by atoms with Crippen molar-refractivity contribution >= 4 is 5.97 Å². The van der Waals surface area contributed by atoms with Gasteiger partial charge in [-0.05, 0) is 19.1 Å². The second kappa shape index (κ2) is 6.73. The van der Waals surface area contributed by atoms with Crippen LogP contribution in [-0.4, -0.2) is 43.2 Å². The van der Waals surface area contributed by atoms with Gasteiger partial charge in [-0.15, -0.1) is 0 Å². The molecule has 1 aromatic rings. The van der Waals surface area contributed by atoms with Crippen molar-refractivity contribution in [2.45, 2.75) is 32.9 Å². The maximum Gasteiger partial charge on any atom is 0.324 e. The van der Waals surface area contributed by atoms with Crippen LogP contribution in [0, 0.1) is 0 Å². The highest BCUT2D eigenvalue weighted by Gasteiger charge is 2.30.